The van der Waals surface area contributed by atoms with Crippen molar-refractivity contribution < 1.29 is 0 Å². The molecule has 21 heavy (non-hydrogen) atoms. The molecule has 1 unspecified atom stereocenters. The average Bonchev–Trinajstić information content (AvgIpc) is 3.21. The molecule has 1 saturated carbocycles. The Morgan fingerprint density at radius 3 is 2.62 bits per heavy atom. The Labute approximate surface area is 128 Å². The summed E-state index contributed by atoms with van der Waals surface area (Å²) in [7, 11) is 0. The van der Waals surface area contributed by atoms with Crippen LogP contribution in [0.4, 0.5) is 0 Å². The molecule has 1 aromatic rings. The monoisotopic (exact) mass is 290 g/mol. The fourth-order valence-corrected chi connectivity index (χ4v) is 4.43. The summed E-state index contributed by atoms with van der Waals surface area (Å²) in [5, 5.41) is 0. The Balaban J connectivity index is 1.75. The van der Waals surface area contributed by atoms with Crippen LogP contribution >= 0.6 is 0 Å². The Bertz CT molecular complexity index is 441. The van der Waals surface area contributed by atoms with Gasteiger partial charge >= 0.3 is 0 Å². The van der Waals surface area contributed by atoms with Gasteiger partial charge < -0.3 is 10.3 Å². The van der Waals surface area contributed by atoms with Crippen LogP contribution in [-0.2, 0) is 13.0 Å². The molecule has 2 aliphatic rings. The zero-order chi connectivity index (χ0) is 14.7. The molecule has 1 aromatic heterocycles. The van der Waals surface area contributed by atoms with Crippen LogP contribution in [0, 0.1) is 0 Å². The van der Waals surface area contributed by atoms with E-state index < -0.39 is 0 Å². The molecule has 4 nitrogen and oxygen atoms in total. The van der Waals surface area contributed by atoms with Crippen LogP contribution in [0.1, 0.15) is 57.7 Å². The van der Waals surface area contributed by atoms with Gasteiger partial charge in [-0.1, -0.05) is 19.8 Å². The van der Waals surface area contributed by atoms with Crippen molar-refractivity contribution in [1.82, 2.24) is 14.5 Å². The zero-order valence-electron chi connectivity index (χ0n) is 13.4. The van der Waals surface area contributed by atoms with Crippen molar-refractivity contribution in [3.05, 3.63) is 18.2 Å². The number of aryl methyl sites for hydroxylation is 1. The molecule has 2 N–H and O–H groups in total. The van der Waals surface area contributed by atoms with Gasteiger partial charge in [0.05, 0.1) is 0 Å². The maximum absolute atomic E-state index is 6.76. The summed E-state index contributed by atoms with van der Waals surface area (Å²) < 4.78 is 2.28. The van der Waals surface area contributed by atoms with Gasteiger partial charge in [-0.15, -0.1) is 0 Å². The van der Waals surface area contributed by atoms with Crippen LogP contribution in [0.25, 0.3) is 0 Å². The van der Waals surface area contributed by atoms with E-state index in [1.54, 1.807) is 0 Å². The van der Waals surface area contributed by atoms with E-state index >= 15 is 0 Å². The van der Waals surface area contributed by atoms with Crippen LogP contribution in [0.2, 0.25) is 0 Å². The third-order valence-corrected chi connectivity index (χ3v) is 5.56. The number of aromatic nitrogens is 2. The van der Waals surface area contributed by atoms with Crippen LogP contribution in [-0.4, -0.2) is 39.1 Å². The maximum atomic E-state index is 6.76. The van der Waals surface area contributed by atoms with Crippen molar-refractivity contribution in [3.8, 4) is 0 Å². The van der Waals surface area contributed by atoms with E-state index in [0.29, 0.717) is 0 Å². The van der Waals surface area contributed by atoms with Crippen LogP contribution in [0.3, 0.4) is 0 Å². The lowest BCUT2D eigenvalue weighted by Gasteiger charge is -2.43. The average molecular weight is 290 g/mol. The van der Waals surface area contributed by atoms with E-state index in [1.165, 1.54) is 57.4 Å². The number of hydrogen-bond acceptors (Lipinski definition) is 3. The number of nitrogens with zero attached hydrogens (tertiary/aromatic N) is 3. The highest BCUT2D eigenvalue weighted by molar-refractivity contribution is 5.08. The topological polar surface area (TPSA) is 47.1 Å². The quantitative estimate of drug-likeness (QED) is 0.876. The summed E-state index contributed by atoms with van der Waals surface area (Å²) in [4.78, 5) is 7.27. The van der Waals surface area contributed by atoms with Crippen LogP contribution in [0.5, 0.6) is 0 Å². The maximum Gasteiger partial charge on any atom is 0.110 e. The summed E-state index contributed by atoms with van der Waals surface area (Å²) >= 11 is 0. The standard InChI is InChI=1S/C17H30N4/c1-2-10-20-13-9-19-16(20)14-15(18)17(7-3-4-8-17)21-11-5-6-12-21/h9,13,15H,2-8,10-12,14,18H2,1H3. The Kier molecular flexibility index (Phi) is 4.65. The molecule has 3 rings (SSSR count). The third-order valence-electron chi connectivity index (χ3n) is 5.56. The normalized spacial score (nSPS) is 23.7. The number of nitrogens with two attached hydrogens (primary N) is 1. The second kappa shape index (κ2) is 6.49. The first-order chi connectivity index (χ1) is 10.3. The molecule has 0 radical (unpaired) electrons. The molecular weight excluding hydrogens is 260 g/mol. The summed E-state index contributed by atoms with van der Waals surface area (Å²) in [5.74, 6) is 1.18. The molecular formula is C17H30N4. The van der Waals surface area contributed by atoms with Crippen LogP contribution < -0.4 is 5.73 Å². The summed E-state index contributed by atoms with van der Waals surface area (Å²) in [5.41, 5.74) is 7.00. The molecule has 0 aromatic carbocycles. The van der Waals surface area contributed by atoms with Gasteiger partial charge in [0.2, 0.25) is 0 Å². The lowest BCUT2D eigenvalue weighted by molar-refractivity contribution is 0.0910. The van der Waals surface area contributed by atoms with Crippen molar-refractivity contribution in [2.45, 2.75) is 76.4 Å². The largest absolute Gasteiger partial charge is 0.335 e. The molecule has 2 heterocycles. The van der Waals surface area contributed by atoms with Crippen molar-refractivity contribution in [2.24, 2.45) is 5.73 Å². The molecule has 0 spiro atoms. The minimum atomic E-state index is 0.219. The predicted octanol–water partition coefficient (Wildman–Crippen LogP) is 2.57. The van der Waals surface area contributed by atoms with Gasteiger partial charge in [-0.25, -0.2) is 4.98 Å². The van der Waals surface area contributed by atoms with E-state index in [9.17, 15) is 0 Å². The van der Waals surface area contributed by atoms with Gasteiger partial charge in [0.1, 0.15) is 5.82 Å². The highest BCUT2D eigenvalue weighted by atomic mass is 15.2. The fraction of sp³-hybridized carbons (Fsp3) is 0.824. The minimum absolute atomic E-state index is 0.219. The second-order valence-electron chi connectivity index (χ2n) is 6.85. The molecule has 118 valence electrons. The van der Waals surface area contributed by atoms with Gasteiger partial charge in [-0.2, -0.15) is 0 Å². The van der Waals surface area contributed by atoms with E-state index in [0.717, 1.165) is 19.4 Å². The van der Waals surface area contributed by atoms with E-state index in [4.69, 9.17) is 5.73 Å². The molecule has 1 atom stereocenters. The first-order valence-corrected chi connectivity index (χ1v) is 8.77. The molecule has 0 amide bonds. The summed E-state index contributed by atoms with van der Waals surface area (Å²) in [6.45, 7) is 5.76. The van der Waals surface area contributed by atoms with Crippen LogP contribution in [0.15, 0.2) is 12.4 Å². The van der Waals surface area contributed by atoms with Crippen molar-refractivity contribution in [3.63, 3.8) is 0 Å². The summed E-state index contributed by atoms with van der Waals surface area (Å²) in [6, 6.07) is 0.219. The highest BCUT2D eigenvalue weighted by Gasteiger charge is 2.45. The first-order valence-electron chi connectivity index (χ1n) is 8.77. The van der Waals surface area contributed by atoms with Gasteiger partial charge in [-0.3, -0.25) is 4.90 Å². The highest BCUT2D eigenvalue weighted by Crippen LogP contribution is 2.40. The molecule has 1 aliphatic carbocycles. The Morgan fingerprint density at radius 2 is 1.95 bits per heavy atom. The van der Waals surface area contributed by atoms with E-state index in [1.807, 2.05) is 6.20 Å². The van der Waals surface area contributed by atoms with Gasteiger partial charge in [0.25, 0.3) is 0 Å². The SMILES string of the molecule is CCCn1ccnc1CC(N)C1(N2CCCC2)CCCC1. The van der Waals surface area contributed by atoms with Gasteiger partial charge in [0, 0.05) is 36.9 Å². The number of imidazole rings is 1. The molecule has 4 heteroatoms. The minimum Gasteiger partial charge on any atom is -0.335 e. The van der Waals surface area contributed by atoms with Crippen molar-refractivity contribution in [2.75, 3.05) is 13.1 Å². The van der Waals surface area contributed by atoms with Crippen molar-refractivity contribution in [1.29, 1.82) is 0 Å². The fourth-order valence-electron chi connectivity index (χ4n) is 4.43. The lowest BCUT2D eigenvalue weighted by atomic mass is 9.84. The lowest BCUT2D eigenvalue weighted by Crippen LogP contribution is -2.58. The molecule has 0 bridgehead atoms. The summed E-state index contributed by atoms with van der Waals surface area (Å²) in [6.07, 6.45) is 14.0. The number of likely N-dealkylation sites (tertiary alicyclic amines) is 1. The van der Waals surface area contributed by atoms with E-state index in [2.05, 4.69) is 27.6 Å². The van der Waals surface area contributed by atoms with Gasteiger partial charge in [-0.05, 0) is 45.2 Å². The number of hydrogen-bond donors (Lipinski definition) is 1. The molecule has 1 aliphatic heterocycles. The smallest absolute Gasteiger partial charge is 0.110 e. The molecule has 2 fully saturated rings. The van der Waals surface area contributed by atoms with E-state index in [-0.39, 0.29) is 11.6 Å². The second-order valence-corrected chi connectivity index (χ2v) is 6.85. The van der Waals surface area contributed by atoms with Gasteiger partial charge in [0.15, 0.2) is 0 Å². The Hall–Kier alpha value is -0.870. The first kappa shape index (κ1) is 15.0. The zero-order valence-corrected chi connectivity index (χ0v) is 13.4. The Morgan fingerprint density at radius 1 is 1.24 bits per heavy atom. The third kappa shape index (κ3) is 2.88. The number of rotatable bonds is 6. The molecule has 1 saturated heterocycles. The van der Waals surface area contributed by atoms with Crippen molar-refractivity contribution >= 4 is 0 Å². The predicted molar refractivity (Wildman–Crippen MR) is 86.2 cm³/mol.